The lowest BCUT2D eigenvalue weighted by molar-refractivity contribution is -0.143. The number of Topliss-reactive ketones (excluding diaryl/α,β-unsaturated/α-hetero) is 1. The van der Waals surface area contributed by atoms with E-state index in [0.717, 1.165) is 86.7 Å². The maximum atomic E-state index is 14.4. The Balaban J connectivity index is 1.27. The van der Waals surface area contributed by atoms with Gasteiger partial charge in [0, 0.05) is 56.8 Å². The van der Waals surface area contributed by atoms with Crippen LogP contribution in [-0.4, -0.2) is 57.5 Å². The van der Waals surface area contributed by atoms with Gasteiger partial charge in [-0.3, -0.25) is 14.4 Å². The normalized spacial score (nSPS) is 22.4. The summed E-state index contributed by atoms with van der Waals surface area (Å²) in [4.78, 5) is 52.2. The predicted octanol–water partition coefficient (Wildman–Crippen LogP) is 8.23. The molecule has 63 heavy (non-hydrogen) atoms. The highest BCUT2D eigenvalue weighted by molar-refractivity contribution is 6.19. The van der Waals surface area contributed by atoms with Crippen LogP contribution in [0.1, 0.15) is 162 Å². The molecule has 0 amide bonds. The number of esters is 2. The van der Waals surface area contributed by atoms with E-state index in [4.69, 9.17) is 9.47 Å². The number of ketones is 1. The smallest absolute Gasteiger partial charge is 0.320 e. The van der Waals surface area contributed by atoms with Gasteiger partial charge in [0.25, 0.3) is 0 Å². The van der Waals surface area contributed by atoms with Crippen molar-refractivity contribution in [1.82, 2.24) is 20.3 Å². The molecule has 340 valence electrons. The number of rotatable bonds is 19. The highest BCUT2D eigenvalue weighted by Crippen LogP contribution is 2.42. The molecule has 0 spiro atoms. The van der Waals surface area contributed by atoms with Crippen LogP contribution >= 0.6 is 0 Å². The molecular formula is C53H72N4O6. The average Bonchev–Trinajstić information content (AvgIpc) is 4.01. The first-order valence-corrected chi connectivity index (χ1v) is 23.5. The zero-order chi connectivity index (χ0) is 45.5. The number of ether oxygens (including phenoxy) is 2. The maximum Gasteiger partial charge on any atom is 0.320 e. The maximum absolute atomic E-state index is 14.4. The number of aliphatic hydroxyl groups excluding tert-OH is 1. The van der Waals surface area contributed by atoms with Crippen molar-refractivity contribution in [3.8, 4) is 0 Å². The van der Waals surface area contributed by atoms with E-state index in [9.17, 15) is 19.5 Å². The fourth-order valence-corrected chi connectivity index (χ4v) is 10.3. The van der Waals surface area contributed by atoms with E-state index in [1.54, 1.807) is 0 Å². The highest BCUT2D eigenvalue weighted by atomic mass is 16.5. The fourth-order valence-electron chi connectivity index (χ4n) is 10.3. The topological polar surface area (TPSA) is 149 Å². The van der Waals surface area contributed by atoms with Crippen LogP contribution in [0.2, 0.25) is 0 Å². The summed E-state index contributed by atoms with van der Waals surface area (Å²) in [6.07, 6.45) is 23.6. The minimum Gasteiger partial charge on any atom is -0.515 e. The molecule has 8 bridgehead atoms. The van der Waals surface area contributed by atoms with E-state index in [-0.39, 0.29) is 36.6 Å². The van der Waals surface area contributed by atoms with Gasteiger partial charge in [0.2, 0.25) is 0 Å². The molecule has 5 N–H and O–H groups in total. The quantitative estimate of drug-likeness (QED) is 0.0463. The summed E-state index contributed by atoms with van der Waals surface area (Å²) >= 11 is 0. The van der Waals surface area contributed by atoms with Gasteiger partial charge < -0.3 is 34.8 Å². The minimum atomic E-state index is -1.14. The SMILES string of the molecule is C=Cc1c2[nH]c(c1C)/C=C1\NC(C3=c4[nH]/c(c(C)c4C(=O)[C@@H]3C(=O)OC)=C\c3[nH]c(/c(=C\O)c3CC)=C\2)[C@@H](CCC(=O)OC/C=C(\C)CCC[C@H](C)CCC[C@H](C)CCCC)[C@@H]1C. The molecule has 3 aromatic rings. The number of aliphatic hydroxyl groups is 1. The van der Waals surface area contributed by atoms with Gasteiger partial charge in [-0.05, 0) is 111 Å². The van der Waals surface area contributed by atoms with Gasteiger partial charge in [0.05, 0.1) is 30.1 Å². The monoisotopic (exact) mass is 861 g/mol. The van der Waals surface area contributed by atoms with Crippen LogP contribution in [0.15, 0.2) is 23.9 Å². The second-order valence-electron chi connectivity index (χ2n) is 18.6. The Labute approximate surface area is 373 Å². The predicted molar refractivity (Wildman–Crippen MR) is 254 cm³/mol. The number of hydrogen-bond acceptors (Lipinski definition) is 7. The van der Waals surface area contributed by atoms with E-state index in [1.807, 2.05) is 45.1 Å². The molecule has 1 saturated heterocycles. The molecule has 3 aliphatic rings. The fraction of sp³-hybridized carbons (Fsp3) is 0.528. The van der Waals surface area contributed by atoms with E-state index in [0.29, 0.717) is 34.5 Å². The first-order valence-electron chi connectivity index (χ1n) is 23.5. The molecule has 1 aliphatic carbocycles. The number of hydrogen-bond donors (Lipinski definition) is 5. The van der Waals surface area contributed by atoms with Gasteiger partial charge in [-0.1, -0.05) is 97.8 Å². The molecule has 6 atom stereocenters. The molecule has 6 rings (SSSR count). The molecule has 10 heteroatoms. The standard InChI is InChI=1S/C53H72N4O6/c1-11-14-17-30(4)18-15-19-31(5)20-16-21-32(6)24-25-63-46(59)23-22-38-34(8)41-26-40-33(7)36(12-2)43(54-40)28-45-39(29-58)37(13-3)44(55-45)27-42-35(9)47-51(57-42)48(50(38)56-41)49(52(47)60)53(61)62-10/h12,24,26-31,34,38,49-50,54-58H,2,11,13-23,25H2,1,3-10H3/b32-24+,39-29-,41-26-,42-27-,45-28-/t30-,31-,34+,38+,49-,50?/m1/s1. The number of carbonyl (C=O) groups is 3. The number of aromatic nitrogens is 3. The Morgan fingerprint density at radius 1 is 0.905 bits per heavy atom. The van der Waals surface area contributed by atoms with Crippen LogP contribution < -0.4 is 26.6 Å². The lowest BCUT2D eigenvalue weighted by atomic mass is 9.80. The van der Waals surface area contributed by atoms with Gasteiger partial charge >= 0.3 is 11.9 Å². The molecule has 2 aliphatic heterocycles. The Bertz CT molecular complexity index is 2510. The van der Waals surface area contributed by atoms with Crippen LogP contribution in [0.4, 0.5) is 0 Å². The van der Waals surface area contributed by atoms with Crippen molar-refractivity contribution >= 4 is 53.9 Å². The lowest BCUT2D eigenvalue weighted by Crippen LogP contribution is -2.38. The Kier molecular flexibility index (Phi) is 15.7. The third kappa shape index (κ3) is 10.1. The highest BCUT2D eigenvalue weighted by Gasteiger charge is 2.49. The first kappa shape index (κ1) is 47.2. The first-order chi connectivity index (χ1) is 30.3. The van der Waals surface area contributed by atoms with Crippen LogP contribution in [0, 0.1) is 43.4 Å². The number of allylic oxidation sites excluding steroid dienone is 2. The zero-order valence-corrected chi connectivity index (χ0v) is 39.3. The number of nitrogens with one attached hydrogen (secondary N) is 4. The van der Waals surface area contributed by atoms with Crippen molar-refractivity contribution < 1.29 is 29.0 Å². The largest absolute Gasteiger partial charge is 0.515 e. The number of H-pyrrole nitrogens is 3. The van der Waals surface area contributed by atoms with Crippen LogP contribution in [0.25, 0.3) is 36.1 Å². The number of aromatic amines is 3. The van der Waals surface area contributed by atoms with Crippen LogP contribution in [0.5, 0.6) is 0 Å². The van der Waals surface area contributed by atoms with Crippen LogP contribution in [0.3, 0.4) is 0 Å². The molecular weight excluding hydrogens is 789 g/mol. The molecule has 0 aromatic carbocycles. The van der Waals surface area contributed by atoms with Crippen molar-refractivity contribution in [2.75, 3.05) is 13.7 Å². The van der Waals surface area contributed by atoms with E-state index in [2.05, 4.69) is 67.5 Å². The number of fused-ring (bicyclic) bond motifs is 8. The Morgan fingerprint density at radius 2 is 1.60 bits per heavy atom. The number of unbranched alkanes of at least 4 members (excludes halogenated alkanes) is 1. The summed E-state index contributed by atoms with van der Waals surface area (Å²) in [6, 6.07) is -0.472. The van der Waals surface area contributed by atoms with E-state index >= 15 is 0 Å². The van der Waals surface area contributed by atoms with Crippen LogP contribution in [-0.2, 0) is 25.5 Å². The zero-order valence-electron chi connectivity index (χ0n) is 39.3. The molecule has 10 nitrogen and oxygen atoms in total. The third-order valence-electron chi connectivity index (χ3n) is 14.3. The minimum absolute atomic E-state index is 0.0879. The molecule has 3 aromatic heterocycles. The summed E-state index contributed by atoms with van der Waals surface area (Å²) < 4.78 is 11.1. The van der Waals surface area contributed by atoms with Crippen molar-refractivity contribution in [1.29, 1.82) is 0 Å². The molecule has 1 unspecified atom stereocenters. The number of methoxy groups -OCH3 is 1. The summed E-state index contributed by atoms with van der Waals surface area (Å²) in [5.41, 5.74) is 9.32. The second-order valence-corrected chi connectivity index (χ2v) is 18.6. The Morgan fingerprint density at radius 3 is 2.27 bits per heavy atom. The number of carbonyl (C=O) groups excluding carboxylic acids is 3. The van der Waals surface area contributed by atoms with E-state index < -0.39 is 17.9 Å². The summed E-state index contributed by atoms with van der Waals surface area (Å²) in [7, 11) is 1.31. The van der Waals surface area contributed by atoms with Crippen molar-refractivity contribution in [2.24, 2.45) is 29.6 Å². The van der Waals surface area contributed by atoms with Gasteiger partial charge in [0.15, 0.2) is 5.78 Å². The van der Waals surface area contributed by atoms with Gasteiger partial charge in [0.1, 0.15) is 12.5 Å². The summed E-state index contributed by atoms with van der Waals surface area (Å²) in [5.74, 6) is -1.06. The second kappa shape index (κ2) is 21.0. The third-order valence-corrected chi connectivity index (χ3v) is 14.3. The van der Waals surface area contributed by atoms with Gasteiger partial charge in [-0.2, -0.15) is 0 Å². The molecule has 0 saturated carbocycles. The van der Waals surface area contributed by atoms with Crippen molar-refractivity contribution in [3.05, 3.63) is 90.1 Å². The summed E-state index contributed by atoms with van der Waals surface area (Å²) in [6.45, 7) is 21.6. The lowest BCUT2D eigenvalue weighted by Gasteiger charge is -2.25. The Hall–Kier alpha value is -5.25. The van der Waals surface area contributed by atoms with Crippen molar-refractivity contribution in [3.63, 3.8) is 0 Å². The molecule has 1 fully saturated rings. The van der Waals surface area contributed by atoms with E-state index in [1.165, 1.54) is 57.6 Å². The van der Waals surface area contributed by atoms with Gasteiger partial charge in [-0.25, -0.2) is 0 Å². The molecule has 5 heterocycles. The summed E-state index contributed by atoms with van der Waals surface area (Å²) in [5, 5.41) is 17.0. The van der Waals surface area contributed by atoms with Gasteiger partial charge in [-0.15, -0.1) is 0 Å². The van der Waals surface area contributed by atoms with Crippen molar-refractivity contribution in [2.45, 2.75) is 138 Å². The average molecular weight is 861 g/mol. The molecule has 0 radical (unpaired) electrons.